The SMILES string of the molecule is CCCCOC(=O)/C(=C(\C(=O)OCCCC)C(C)C)C(C)C. The maximum Gasteiger partial charge on any atom is 0.334 e. The van der Waals surface area contributed by atoms with E-state index in [1.54, 1.807) is 0 Å². The summed E-state index contributed by atoms with van der Waals surface area (Å²) < 4.78 is 10.6. The molecule has 0 aromatic rings. The first-order valence-electron chi connectivity index (χ1n) is 8.44. The monoisotopic (exact) mass is 312 g/mol. The Labute approximate surface area is 135 Å². The van der Waals surface area contributed by atoms with Crippen LogP contribution in [0.5, 0.6) is 0 Å². The fourth-order valence-corrected chi connectivity index (χ4v) is 2.09. The van der Waals surface area contributed by atoms with Crippen molar-refractivity contribution >= 4 is 11.9 Å². The molecule has 0 aliphatic rings. The summed E-state index contributed by atoms with van der Waals surface area (Å²) in [5.74, 6) is -0.935. The Morgan fingerprint density at radius 1 is 0.727 bits per heavy atom. The number of rotatable bonds is 10. The maximum absolute atomic E-state index is 12.4. The summed E-state index contributed by atoms with van der Waals surface area (Å²) in [6, 6.07) is 0. The fraction of sp³-hybridized carbons (Fsp3) is 0.778. The van der Waals surface area contributed by atoms with Crippen LogP contribution in [0.15, 0.2) is 11.1 Å². The van der Waals surface area contributed by atoms with Crippen molar-refractivity contribution in [2.45, 2.75) is 67.2 Å². The Balaban J connectivity index is 5.28. The third-order valence-corrected chi connectivity index (χ3v) is 3.35. The molecule has 0 saturated carbocycles. The van der Waals surface area contributed by atoms with Gasteiger partial charge in [0.2, 0.25) is 0 Å². The predicted octanol–water partition coefficient (Wildman–Crippen LogP) is 4.28. The highest BCUT2D eigenvalue weighted by Gasteiger charge is 2.27. The van der Waals surface area contributed by atoms with Crippen molar-refractivity contribution in [3.05, 3.63) is 11.1 Å². The van der Waals surface area contributed by atoms with Crippen LogP contribution in [-0.2, 0) is 19.1 Å². The lowest BCUT2D eigenvalue weighted by Gasteiger charge is -2.19. The van der Waals surface area contributed by atoms with Crippen molar-refractivity contribution in [3.8, 4) is 0 Å². The number of carbonyl (C=O) groups excluding carboxylic acids is 2. The third kappa shape index (κ3) is 7.10. The van der Waals surface area contributed by atoms with Crippen LogP contribution in [0.4, 0.5) is 0 Å². The molecule has 0 N–H and O–H groups in total. The van der Waals surface area contributed by atoms with Gasteiger partial charge in [0.05, 0.1) is 24.4 Å². The molecule has 0 radical (unpaired) electrons. The molecule has 0 aromatic heterocycles. The summed E-state index contributed by atoms with van der Waals surface area (Å²) in [5, 5.41) is 0. The zero-order chi connectivity index (χ0) is 17.1. The molecule has 0 rings (SSSR count). The summed E-state index contributed by atoms with van der Waals surface area (Å²) in [6.45, 7) is 12.5. The number of esters is 2. The topological polar surface area (TPSA) is 52.6 Å². The second kappa shape index (κ2) is 11.3. The van der Waals surface area contributed by atoms with Crippen molar-refractivity contribution in [1.82, 2.24) is 0 Å². The molecule has 0 spiro atoms. The lowest BCUT2D eigenvalue weighted by Crippen LogP contribution is -2.23. The van der Waals surface area contributed by atoms with E-state index in [9.17, 15) is 9.59 Å². The van der Waals surface area contributed by atoms with Crippen LogP contribution in [0.25, 0.3) is 0 Å². The molecule has 0 amide bonds. The van der Waals surface area contributed by atoms with Crippen molar-refractivity contribution in [3.63, 3.8) is 0 Å². The van der Waals surface area contributed by atoms with Gasteiger partial charge in [-0.05, 0) is 24.7 Å². The van der Waals surface area contributed by atoms with Crippen LogP contribution in [0.2, 0.25) is 0 Å². The van der Waals surface area contributed by atoms with E-state index in [1.807, 2.05) is 41.5 Å². The van der Waals surface area contributed by atoms with Crippen molar-refractivity contribution in [1.29, 1.82) is 0 Å². The van der Waals surface area contributed by atoms with Crippen LogP contribution in [0.1, 0.15) is 67.2 Å². The molecule has 0 aliphatic carbocycles. The summed E-state index contributed by atoms with van der Waals surface area (Å²) in [6.07, 6.45) is 3.58. The molecule has 4 nitrogen and oxygen atoms in total. The smallest absolute Gasteiger partial charge is 0.334 e. The first-order valence-corrected chi connectivity index (χ1v) is 8.44. The van der Waals surface area contributed by atoms with Gasteiger partial charge in [0, 0.05) is 0 Å². The lowest BCUT2D eigenvalue weighted by molar-refractivity contribution is -0.143. The summed E-state index contributed by atoms with van der Waals surface area (Å²) >= 11 is 0. The average Bonchev–Trinajstić information content (AvgIpc) is 2.43. The quantitative estimate of drug-likeness (QED) is 0.343. The fourth-order valence-electron chi connectivity index (χ4n) is 2.09. The van der Waals surface area contributed by atoms with Gasteiger partial charge in [-0.15, -0.1) is 0 Å². The van der Waals surface area contributed by atoms with Crippen molar-refractivity contribution < 1.29 is 19.1 Å². The van der Waals surface area contributed by atoms with E-state index in [0.717, 1.165) is 25.7 Å². The Morgan fingerprint density at radius 2 is 1.05 bits per heavy atom. The van der Waals surface area contributed by atoms with Gasteiger partial charge in [0.25, 0.3) is 0 Å². The first-order chi connectivity index (χ1) is 10.4. The number of unbranched alkanes of at least 4 members (excludes halogenated alkanes) is 2. The number of carbonyl (C=O) groups is 2. The van der Waals surface area contributed by atoms with Gasteiger partial charge < -0.3 is 9.47 Å². The Morgan fingerprint density at radius 3 is 1.27 bits per heavy atom. The van der Waals surface area contributed by atoms with Gasteiger partial charge in [-0.2, -0.15) is 0 Å². The van der Waals surface area contributed by atoms with E-state index >= 15 is 0 Å². The Bertz CT molecular complexity index is 345. The van der Waals surface area contributed by atoms with Gasteiger partial charge in [-0.25, -0.2) is 9.59 Å². The van der Waals surface area contributed by atoms with E-state index in [4.69, 9.17) is 9.47 Å². The van der Waals surface area contributed by atoms with Crippen molar-refractivity contribution in [2.24, 2.45) is 11.8 Å². The van der Waals surface area contributed by atoms with Gasteiger partial charge in [-0.1, -0.05) is 54.4 Å². The van der Waals surface area contributed by atoms with Gasteiger partial charge in [0.15, 0.2) is 0 Å². The van der Waals surface area contributed by atoms with E-state index in [-0.39, 0.29) is 23.8 Å². The van der Waals surface area contributed by atoms with Gasteiger partial charge in [-0.3, -0.25) is 0 Å². The minimum atomic E-state index is -0.389. The van der Waals surface area contributed by atoms with E-state index < -0.39 is 0 Å². The minimum Gasteiger partial charge on any atom is -0.462 e. The second-order valence-electron chi connectivity index (χ2n) is 6.12. The second-order valence-corrected chi connectivity index (χ2v) is 6.12. The summed E-state index contributed by atoms with van der Waals surface area (Å²) in [5.41, 5.74) is 0.903. The molecule has 0 aromatic carbocycles. The molecule has 0 saturated heterocycles. The zero-order valence-corrected chi connectivity index (χ0v) is 15.0. The van der Waals surface area contributed by atoms with E-state index in [2.05, 4.69) is 0 Å². The molecule has 0 aliphatic heterocycles. The molecular formula is C18H32O4. The van der Waals surface area contributed by atoms with Crippen molar-refractivity contribution in [2.75, 3.05) is 13.2 Å². The lowest BCUT2D eigenvalue weighted by atomic mass is 9.90. The number of hydrogen-bond donors (Lipinski definition) is 0. The molecule has 22 heavy (non-hydrogen) atoms. The number of ether oxygens (including phenoxy) is 2. The highest BCUT2D eigenvalue weighted by atomic mass is 16.5. The molecular weight excluding hydrogens is 280 g/mol. The Kier molecular flexibility index (Phi) is 10.6. The van der Waals surface area contributed by atoms with E-state index in [0.29, 0.717) is 24.4 Å². The molecule has 0 atom stereocenters. The predicted molar refractivity (Wildman–Crippen MR) is 88.4 cm³/mol. The van der Waals surface area contributed by atoms with Gasteiger partial charge in [0.1, 0.15) is 0 Å². The zero-order valence-electron chi connectivity index (χ0n) is 15.0. The standard InChI is InChI=1S/C18H32O4/c1-7-9-11-21-17(19)15(13(3)4)16(14(5)6)18(20)22-12-10-8-2/h13-14H,7-12H2,1-6H3/b16-15-. The largest absolute Gasteiger partial charge is 0.462 e. The van der Waals surface area contributed by atoms with Crippen LogP contribution in [0.3, 0.4) is 0 Å². The maximum atomic E-state index is 12.4. The average molecular weight is 312 g/mol. The molecule has 128 valence electrons. The normalized spacial score (nSPS) is 12.4. The third-order valence-electron chi connectivity index (χ3n) is 3.35. The highest BCUT2D eigenvalue weighted by molar-refractivity contribution is 6.01. The van der Waals surface area contributed by atoms with E-state index in [1.165, 1.54) is 0 Å². The summed E-state index contributed by atoms with van der Waals surface area (Å²) in [4.78, 5) is 24.7. The minimum absolute atomic E-state index is 0.0785. The summed E-state index contributed by atoms with van der Waals surface area (Å²) in [7, 11) is 0. The van der Waals surface area contributed by atoms with Crippen LogP contribution in [-0.4, -0.2) is 25.2 Å². The highest BCUT2D eigenvalue weighted by Crippen LogP contribution is 2.24. The van der Waals surface area contributed by atoms with Gasteiger partial charge >= 0.3 is 11.9 Å². The van der Waals surface area contributed by atoms with Crippen LogP contribution in [0, 0.1) is 11.8 Å². The van der Waals surface area contributed by atoms with Crippen LogP contribution >= 0.6 is 0 Å². The number of hydrogen-bond acceptors (Lipinski definition) is 4. The molecule has 0 unspecified atom stereocenters. The molecule has 0 heterocycles. The Hall–Kier alpha value is -1.32. The first kappa shape index (κ1) is 20.7. The van der Waals surface area contributed by atoms with Crippen LogP contribution < -0.4 is 0 Å². The molecule has 4 heteroatoms. The molecule has 0 bridgehead atoms. The molecule has 0 fully saturated rings.